The third-order valence-corrected chi connectivity index (χ3v) is 5.44. The van der Waals surface area contributed by atoms with Gasteiger partial charge >= 0.3 is 11.9 Å². The Morgan fingerprint density at radius 3 is 2.68 bits per heavy atom. The molecule has 0 saturated heterocycles. The van der Waals surface area contributed by atoms with Crippen LogP contribution in [0.3, 0.4) is 0 Å². The number of halogens is 4. The van der Waals surface area contributed by atoms with E-state index < -0.39 is 46.2 Å². The van der Waals surface area contributed by atoms with E-state index in [-0.39, 0.29) is 29.9 Å². The number of hydrogen-bond acceptors (Lipinski definition) is 9. The molecule has 38 heavy (non-hydrogen) atoms. The number of anilines is 4. The predicted molar refractivity (Wildman–Crippen MR) is 124 cm³/mol. The summed E-state index contributed by atoms with van der Waals surface area (Å²) in [5.74, 6) is -4.24. The van der Waals surface area contributed by atoms with Crippen molar-refractivity contribution in [1.29, 1.82) is 0 Å². The van der Waals surface area contributed by atoms with Crippen LogP contribution in [0, 0.1) is 5.82 Å². The lowest BCUT2D eigenvalue weighted by molar-refractivity contribution is -0.140. The maximum atomic E-state index is 14.4. The molecule has 11 nitrogen and oxygen atoms in total. The number of fused-ring (bicyclic) bond motifs is 1. The molecule has 4 N–H and O–H groups in total. The second kappa shape index (κ2) is 9.49. The lowest BCUT2D eigenvalue weighted by atomic mass is 10.0. The fourth-order valence-corrected chi connectivity index (χ4v) is 3.62. The first-order valence-corrected chi connectivity index (χ1v) is 11.0. The molecule has 4 aromatic rings. The molecule has 1 amide bonds. The Kier molecular flexibility index (Phi) is 6.18. The van der Waals surface area contributed by atoms with Gasteiger partial charge in [-0.25, -0.2) is 14.2 Å². The summed E-state index contributed by atoms with van der Waals surface area (Å²) < 4.78 is 66.0. The third kappa shape index (κ3) is 5.11. The summed E-state index contributed by atoms with van der Waals surface area (Å²) in [7, 11) is 0. The monoisotopic (exact) mass is 532 g/mol. The molecule has 2 heterocycles. The van der Waals surface area contributed by atoms with Crippen molar-refractivity contribution in [1.82, 2.24) is 20.3 Å². The number of nitrogens with one attached hydrogen (secondary N) is 4. The van der Waals surface area contributed by atoms with Gasteiger partial charge in [-0.2, -0.15) is 18.2 Å². The van der Waals surface area contributed by atoms with Gasteiger partial charge in [0, 0.05) is 11.7 Å². The lowest BCUT2D eigenvalue weighted by Gasteiger charge is -2.19. The van der Waals surface area contributed by atoms with Crippen LogP contribution in [0.2, 0.25) is 0 Å². The highest BCUT2D eigenvalue weighted by Crippen LogP contribution is 2.43. The van der Waals surface area contributed by atoms with E-state index in [1.165, 1.54) is 18.2 Å². The van der Waals surface area contributed by atoms with Gasteiger partial charge in [0.2, 0.25) is 5.95 Å². The molecule has 0 unspecified atom stereocenters. The van der Waals surface area contributed by atoms with Crippen LogP contribution >= 0.6 is 0 Å². The maximum absolute atomic E-state index is 14.4. The molecule has 1 aliphatic rings. The second-order valence-corrected chi connectivity index (χ2v) is 8.19. The van der Waals surface area contributed by atoms with Crippen molar-refractivity contribution in [2.45, 2.75) is 25.1 Å². The van der Waals surface area contributed by atoms with Crippen LogP contribution in [0.4, 0.5) is 40.7 Å². The molecular formula is C23H16F4N6O5. The highest BCUT2D eigenvalue weighted by Gasteiger charge is 2.41. The number of ether oxygens (including phenoxy) is 1. The molecule has 2 aromatic carbocycles. The van der Waals surface area contributed by atoms with Crippen molar-refractivity contribution >= 4 is 46.6 Å². The summed E-state index contributed by atoms with van der Waals surface area (Å²) in [5, 5.41) is 7.61. The van der Waals surface area contributed by atoms with Gasteiger partial charge < -0.3 is 25.1 Å². The average molecular weight is 532 g/mol. The molecule has 0 bridgehead atoms. The highest BCUT2D eigenvalue weighted by molar-refractivity contribution is 5.98. The third-order valence-electron chi connectivity index (χ3n) is 5.44. The van der Waals surface area contributed by atoms with E-state index in [9.17, 15) is 31.9 Å². The van der Waals surface area contributed by atoms with Crippen LogP contribution in [0.15, 0.2) is 45.7 Å². The van der Waals surface area contributed by atoms with Crippen molar-refractivity contribution in [3.8, 4) is 5.75 Å². The van der Waals surface area contributed by atoms with E-state index in [0.717, 1.165) is 18.3 Å². The number of aromatic nitrogens is 3. The molecule has 15 heteroatoms. The first-order valence-electron chi connectivity index (χ1n) is 11.0. The largest absolute Gasteiger partial charge is 0.426 e. The number of amides is 1. The van der Waals surface area contributed by atoms with Crippen molar-refractivity contribution in [2.75, 3.05) is 10.6 Å². The first kappa shape index (κ1) is 24.7. The Morgan fingerprint density at radius 2 is 1.97 bits per heavy atom. The minimum Gasteiger partial charge on any atom is -0.426 e. The number of nitrogens with zero attached hydrogens (tertiary/aromatic N) is 2. The summed E-state index contributed by atoms with van der Waals surface area (Å²) in [6.45, 7) is -0.215. The Labute approximate surface area is 209 Å². The van der Waals surface area contributed by atoms with Crippen molar-refractivity contribution in [3.05, 3.63) is 64.0 Å². The fourth-order valence-electron chi connectivity index (χ4n) is 3.62. The van der Waals surface area contributed by atoms with E-state index in [1.807, 2.05) is 0 Å². The molecule has 1 aliphatic carbocycles. The number of aromatic amines is 1. The van der Waals surface area contributed by atoms with Crippen LogP contribution in [0.1, 0.15) is 28.8 Å². The van der Waals surface area contributed by atoms with E-state index in [0.29, 0.717) is 24.0 Å². The molecular weight excluding hydrogens is 516 g/mol. The highest BCUT2D eigenvalue weighted by atomic mass is 19.4. The van der Waals surface area contributed by atoms with Gasteiger partial charge in [-0.15, -0.1) is 0 Å². The SMILES string of the molecule is O=COc1c(Nc2ncc(F)c(Nc3ccc4oc(=O)[nH]c4c3)n2)ccc(C(=O)NC2CC2)c1C(F)(F)F. The zero-order valence-corrected chi connectivity index (χ0v) is 19.0. The number of alkyl halides is 3. The number of benzene rings is 2. The van der Waals surface area contributed by atoms with Gasteiger partial charge in [0.25, 0.3) is 12.4 Å². The quantitative estimate of drug-likeness (QED) is 0.195. The number of H-pyrrole nitrogens is 1. The number of rotatable bonds is 8. The topological polar surface area (TPSA) is 151 Å². The molecule has 0 spiro atoms. The zero-order valence-electron chi connectivity index (χ0n) is 19.0. The van der Waals surface area contributed by atoms with Gasteiger partial charge in [0.05, 0.1) is 23.0 Å². The summed E-state index contributed by atoms with van der Waals surface area (Å²) in [4.78, 5) is 45.0. The zero-order chi connectivity index (χ0) is 27.0. The second-order valence-electron chi connectivity index (χ2n) is 8.19. The molecule has 196 valence electrons. The Bertz CT molecular complexity index is 1610. The molecule has 2 aromatic heterocycles. The average Bonchev–Trinajstić information content (AvgIpc) is 3.59. The van der Waals surface area contributed by atoms with Gasteiger partial charge in [0.1, 0.15) is 5.56 Å². The smallest absolute Gasteiger partial charge is 0.420 e. The van der Waals surface area contributed by atoms with Crippen LogP contribution in [0.25, 0.3) is 11.1 Å². The van der Waals surface area contributed by atoms with Gasteiger partial charge in [-0.3, -0.25) is 14.6 Å². The number of carbonyl (C=O) groups excluding carboxylic acids is 2. The fraction of sp³-hybridized carbons (Fsp3) is 0.174. The molecule has 1 saturated carbocycles. The van der Waals surface area contributed by atoms with Gasteiger partial charge in [0.15, 0.2) is 23.0 Å². The lowest BCUT2D eigenvalue weighted by Crippen LogP contribution is -2.28. The maximum Gasteiger partial charge on any atom is 0.420 e. The van der Waals surface area contributed by atoms with Gasteiger partial charge in [-0.05, 0) is 43.2 Å². The standard InChI is InChI=1S/C23H16F4N6O5/c24-13-8-28-21(33-19(13)29-11-3-6-16-15(7-11)32-22(36)38-16)31-14-5-4-12(20(35)30-10-1-2-10)17(23(25,26)27)18(14)37-9-34/h3-10H,1-2H2,(H,30,35)(H,32,36)(H2,28,29,31,33). The molecule has 0 radical (unpaired) electrons. The number of hydrogen-bond donors (Lipinski definition) is 4. The minimum atomic E-state index is -5.07. The van der Waals surface area contributed by atoms with Crippen LogP contribution in [-0.2, 0) is 11.0 Å². The van der Waals surface area contributed by atoms with Crippen LogP contribution in [0.5, 0.6) is 5.75 Å². The van der Waals surface area contributed by atoms with Crippen LogP contribution in [-0.4, -0.2) is 33.4 Å². The summed E-state index contributed by atoms with van der Waals surface area (Å²) in [6, 6.07) is 6.17. The summed E-state index contributed by atoms with van der Waals surface area (Å²) >= 11 is 0. The Morgan fingerprint density at radius 1 is 1.18 bits per heavy atom. The van der Waals surface area contributed by atoms with Crippen molar-refractivity contribution in [2.24, 2.45) is 0 Å². The Balaban J connectivity index is 1.48. The van der Waals surface area contributed by atoms with E-state index in [4.69, 9.17) is 4.42 Å². The van der Waals surface area contributed by atoms with E-state index in [2.05, 4.69) is 35.6 Å². The van der Waals surface area contributed by atoms with Crippen molar-refractivity contribution < 1.29 is 36.3 Å². The number of carbonyl (C=O) groups is 2. The molecule has 0 aliphatic heterocycles. The number of oxazole rings is 1. The first-order chi connectivity index (χ1) is 18.1. The molecule has 5 rings (SSSR count). The molecule has 1 fully saturated rings. The van der Waals surface area contributed by atoms with Crippen LogP contribution < -0.4 is 26.4 Å². The van der Waals surface area contributed by atoms with E-state index >= 15 is 0 Å². The summed E-state index contributed by atoms with van der Waals surface area (Å²) in [5.41, 5.74) is -1.72. The normalized spacial score (nSPS) is 13.3. The van der Waals surface area contributed by atoms with E-state index in [1.54, 1.807) is 0 Å². The minimum absolute atomic E-state index is 0.215. The van der Waals surface area contributed by atoms with Crippen molar-refractivity contribution in [3.63, 3.8) is 0 Å². The van der Waals surface area contributed by atoms with Gasteiger partial charge in [-0.1, -0.05) is 0 Å². The predicted octanol–water partition coefficient (Wildman–Crippen LogP) is 3.98. The molecule has 0 atom stereocenters. The summed E-state index contributed by atoms with van der Waals surface area (Å²) in [6.07, 6.45) is -3.01. The Hall–Kier alpha value is -4.95.